The zero-order valence-electron chi connectivity index (χ0n) is 15.6. The maximum absolute atomic E-state index is 12.9. The lowest BCUT2D eigenvalue weighted by atomic mass is 10.2. The smallest absolute Gasteiger partial charge is 0.416 e. The number of alkyl halides is 3. The molecule has 0 bridgehead atoms. The molecule has 2 rings (SSSR count). The molecule has 0 saturated heterocycles. The van der Waals surface area contributed by atoms with Gasteiger partial charge in [0.1, 0.15) is 5.75 Å². The molecule has 0 aliphatic heterocycles. The van der Waals surface area contributed by atoms with Gasteiger partial charge in [-0.3, -0.25) is 9.52 Å². The summed E-state index contributed by atoms with van der Waals surface area (Å²) in [6.45, 7) is 3.45. The molecule has 0 spiro atoms. The van der Waals surface area contributed by atoms with Crippen LogP contribution in [0.1, 0.15) is 29.8 Å². The monoisotopic (exact) mass is 450 g/mol. The lowest BCUT2D eigenvalue weighted by Gasteiger charge is -2.15. The minimum Gasteiger partial charge on any atom is -0.496 e. The zero-order chi connectivity index (χ0) is 22.0. The fraction of sp³-hybridized carbons (Fsp3) is 0.278. The Morgan fingerprint density at radius 2 is 1.79 bits per heavy atom. The van der Waals surface area contributed by atoms with Gasteiger partial charge in [0.05, 0.1) is 33.8 Å². The molecule has 0 aromatic heterocycles. The summed E-state index contributed by atoms with van der Waals surface area (Å²) in [4.78, 5) is 12.0. The first-order valence-corrected chi connectivity index (χ1v) is 10.1. The van der Waals surface area contributed by atoms with Crippen LogP contribution >= 0.6 is 11.6 Å². The van der Waals surface area contributed by atoms with Crippen LogP contribution in [0.2, 0.25) is 5.02 Å². The van der Waals surface area contributed by atoms with Gasteiger partial charge in [-0.15, -0.1) is 0 Å². The summed E-state index contributed by atoms with van der Waals surface area (Å²) in [5, 5.41) is 2.40. The van der Waals surface area contributed by atoms with Gasteiger partial charge in [0.15, 0.2) is 0 Å². The molecule has 0 aliphatic rings. The maximum atomic E-state index is 12.9. The summed E-state index contributed by atoms with van der Waals surface area (Å²) < 4.78 is 71.2. The lowest BCUT2D eigenvalue weighted by Crippen LogP contribution is -2.30. The Labute approximate surface area is 171 Å². The zero-order valence-corrected chi connectivity index (χ0v) is 17.2. The molecule has 6 nitrogen and oxygen atoms in total. The topological polar surface area (TPSA) is 84.5 Å². The van der Waals surface area contributed by atoms with E-state index in [0.29, 0.717) is 6.07 Å². The molecule has 2 aromatic carbocycles. The van der Waals surface area contributed by atoms with E-state index in [0.717, 1.165) is 24.3 Å². The van der Waals surface area contributed by atoms with Crippen LogP contribution in [0, 0.1) is 0 Å². The fourth-order valence-corrected chi connectivity index (χ4v) is 3.67. The molecule has 2 aromatic rings. The molecule has 29 heavy (non-hydrogen) atoms. The predicted molar refractivity (Wildman–Crippen MR) is 103 cm³/mol. The van der Waals surface area contributed by atoms with Crippen molar-refractivity contribution in [1.82, 2.24) is 5.32 Å². The van der Waals surface area contributed by atoms with Crippen molar-refractivity contribution in [3.63, 3.8) is 0 Å². The second-order valence-corrected chi connectivity index (χ2v) is 8.38. The Morgan fingerprint density at radius 1 is 1.14 bits per heavy atom. The van der Waals surface area contributed by atoms with E-state index in [2.05, 4.69) is 5.32 Å². The van der Waals surface area contributed by atoms with Crippen LogP contribution in [-0.2, 0) is 16.2 Å². The first-order chi connectivity index (χ1) is 13.3. The molecular weight excluding hydrogens is 433 g/mol. The number of hydrogen-bond donors (Lipinski definition) is 2. The van der Waals surface area contributed by atoms with Crippen molar-refractivity contribution in [3.05, 3.63) is 52.5 Å². The second kappa shape index (κ2) is 8.50. The third-order valence-electron chi connectivity index (χ3n) is 3.68. The number of nitrogens with one attached hydrogen (secondary N) is 2. The van der Waals surface area contributed by atoms with E-state index in [-0.39, 0.29) is 27.3 Å². The number of amides is 1. The lowest BCUT2D eigenvalue weighted by molar-refractivity contribution is -0.137. The minimum absolute atomic E-state index is 0.0424. The van der Waals surface area contributed by atoms with Crippen LogP contribution in [0.5, 0.6) is 5.75 Å². The molecule has 1 amide bonds. The van der Waals surface area contributed by atoms with Crippen molar-refractivity contribution < 1.29 is 31.1 Å². The predicted octanol–water partition coefficient (Wildman–Crippen LogP) is 4.31. The van der Waals surface area contributed by atoms with Gasteiger partial charge in [0.2, 0.25) is 0 Å². The number of carbonyl (C=O) groups is 1. The van der Waals surface area contributed by atoms with E-state index in [1.54, 1.807) is 13.8 Å². The van der Waals surface area contributed by atoms with Crippen LogP contribution < -0.4 is 14.8 Å². The molecular formula is C18H18ClF3N2O4S. The summed E-state index contributed by atoms with van der Waals surface area (Å²) in [6.07, 6.45) is -4.67. The van der Waals surface area contributed by atoms with E-state index in [1.165, 1.54) is 13.2 Å². The highest BCUT2D eigenvalue weighted by Gasteiger charge is 2.31. The molecule has 0 radical (unpaired) electrons. The largest absolute Gasteiger partial charge is 0.496 e. The van der Waals surface area contributed by atoms with Gasteiger partial charge in [-0.05, 0) is 50.2 Å². The Hall–Kier alpha value is -2.46. The van der Waals surface area contributed by atoms with Crippen molar-refractivity contribution in [2.75, 3.05) is 11.8 Å². The molecule has 0 fully saturated rings. The number of methoxy groups -OCH3 is 1. The maximum Gasteiger partial charge on any atom is 0.416 e. The van der Waals surface area contributed by atoms with Crippen LogP contribution in [0.4, 0.5) is 18.9 Å². The molecule has 0 heterocycles. The third kappa shape index (κ3) is 5.54. The van der Waals surface area contributed by atoms with Crippen LogP contribution in [0.3, 0.4) is 0 Å². The minimum atomic E-state index is -4.67. The molecule has 158 valence electrons. The standard InChI is InChI=1S/C18H18ClF3N2O4S/c1-10(2)23-17(25)13-9-12(5-7-16(13)28-3)29(26,27)24-15-8-11(18(20,21)22)4-6-14(15)19/h4-10,24H,1-3H3,(H,23,25). The van der Waals surface area contributed by atoms with E-state index >= 15 is 0 Å². The van der Waals surface area contributed by atoms with E-state index in [1.807, 2.05) is 4.72 Å². The highest BCUT2D eigenvalue weighted by Crippen LogP contribution is 2.35. The summed E-state index contributed by atoms with van der Waals surface area (Å²) in [6, 6.07) is 5.57. The van der Waals surface area contributed by atoms with Gasteiger partial charge in [-0.25, -0.2) is 8.42 Å². The van der Waals surface area contributed by atoms with Gasteiger partial charge in [-0.1, -0.05) is 11.6 Å². The number of sulfonamides is 1. The molecule has 11 heteroatoms. The first kappa shape index (κ1) is 22.8. The number of anilines is 1. The van der Waals surface area contributed by atoms with Crippen LogP contribution in [0.25, 0.3) is 0 Å². The number of ether oxygens (including phenoxy) is 1. The van der Waals surface area contributed by atoms with Gasteiger partial charge in [0, 0.05) is 6.04 Å². The molecule has 0 atom stereocenters. The van der Waals surface area contributed by atoms with E-state index in [9.17, 15) is 26.4 Å². The average molecular weight is 451 g/mol. The van der Waals surface area contributed by atoms with Crippen molar-refractivity contribution >= 4 is 33.2 Å². The number of rotatable bonds is 6. The Balaban J connectivity index is 2.45. The first-order valence-electron chi connectivity index (χ1n) is 8.23. The summed E-state index contributed by atoms with van der Waals surface area (Å²) >= 11 is 5.85. The third-order valence-corrected chi connectivity index (χ3v) is 5.38. The van der Waals surface area contributed by atoms with Crippen molar-refractivity contribution in [2.45, 2.75) is 31.0 Å². The molecule has 0 unspecified atom stereocenters. The van der Waals surface area contributed by atoms with Crippen molar-refractivity contribution in [1.29, 1.82) is 0 Å². The average Bonchev–Trinajstić information content (AvgIpc) is 2.61. The van der Waals surface area contributed by atoms with Crippen molar-refractivity contribution in [3.8, 4) is 5.75 Å². The molecule has 0 saturated carbocycles. The Kier molecular flexibility index (Phi) is 6.69. The highest BCUT2D eigenvalue weighted by atomic mass is 35.5. The Morgan fingerprint density at radius 3 is 2.34 bits per heavy atom. The molecule has 2 N–H and O–H groups in total. The van der Waals surface area contributed by atoms with Crippen LogP contribution in [-0.4, -0.2) is 27.5 Å². The van der Waals surface area contributed by atoms with Gasteiger partial charge >= 0.3 is 6.18 Å². The van der Waals surface area contributed by atoms with Gasteiger partial charge in [-0.2, -0.15) is 13.2 Å². The summed E-state index contributed by atoms with van der Waals surface area (Å²) in [5.74, 6) is -0.426. The second-order valence-electron chi connectivity index (χ2n) is 6.29. The highest BCUT2D eigenvalue weighted by molar-refractivity contribution is 7.92. The SMILES string of the molecule is COc1ccc(S(=O)(=O)Nc2cc(C(F)(F)F)ccc2Cl)cc1C(=O)NC(C)C. The number of carbonyl (C=O) groups excluding carboxylic acids is 1. The van der Waals surface area contributed by atoms with Gasteiger partial charge < -0.3 is 10.1 Å². The normalized spacial score (nSPS) is 12.0. The van der Waals surface area contributed by atoms with Crippen LogP contribution in [0.15, 0.2) is 41.3 Å². The van der Waals surface area contributed by atoms with Gasteiger partial charge in [0.25, 0.3) is 15.9 Å². The Bertz CT molecular complexity index is 1020. The van der Waals surface area contributed by atoms with E-state index in [4.69, 9.17) is 16.3 Å². The quantitative estimate of drug-likeness (QED) is 0.687. The number of halogens is 4. The number of benzene rings is 2. The molecule has 0 aliphatic carbocycles. The fourth-order valence-electron chi connectivity index (χ4n) is 2.36. The van der Waals surface area contributed by atoms with Crippen molar-refractivity contribution in [2.24, 2.45) is 0 Å². The summed E-state index contributed by atoms with van der Waals surface area (Å²) in [5.41, 5.74) is -1.55. The summed E-state index contributed by atoms with van der Waals surface area (Å²) in [7, 11) is -3.03. The van der Waals surface area contributed by atoms with E-state index < -0.39 is 33.4 Å². The number of hydrogen-bond acceptors (Lipinski definition) is 4.